The summed E-state index contributed by atoms with van der Waals surface area (Å²) in [6.07, 6.45) is 0. The molecule has 7 nitrogen and oxygen atoms in total. The van der Waals surface area contributed by atoms with Crippen LogP contribution in [-0.2, 0) is 9.53 Å². The number of carbonyl (C=O) groups excluding carboxylic acids is 2. The highest BCUT2D eigenvalue weighted by molar-refractivity contribution is 6.16. The molecule has 1 amide bonds. The van der Waals surface area contributed by atoms with Gasteiger partial charge in [-0.15, -0.1) is 0 Å². The Labute approximate surface area is 179 Å². The van der Waals surface area contributed by atoms with Crippen molar-refractivity contribution in [3.63, 3.8) is 0 Å². The summed E-state index contributed by atoms with van der Waals surface area (Å²) in [6.45, 7) is 2.39. The van der Waals surface area contributed by atoms with Crippen LogP contribution in [0.5, 0.6) is 5.75 Å². The van der Waals surface area contributed by atoms with E-state index >= 15 is 0 Å². The summed E-state index contributed by atoms with van der Waals surface area (Å²) in [5, 5.41) is 11.4. The Morgan fingerprint density at radius 1 is 1.16 bits per heavy atom. The lowest BCUT2D eigenvalue weighted by Crippen LogP contribution is -2.34. The lowest BCUT2D eigenvalue weighted by molar-refractivity contribution is -0.130. The summed E-state index contributed by atoms with van der Waals surface area (Å²) in [6, 6.07) is 13.6. The summed E-state index contributed by atoms with van der Waals surface area (Å²) in [5.74, 6) is -1.20. The van der Waals surface area contributed by atoms with E-state index in [4.69, 9.17) is 13.9 Å². The van der Waals surface area contributed by atoms with Gasteiger partial charge in [-0.3, -0.25) is 9.59 Å². The highest BCUT2D eigenvalue weighted by atomic mass is 16.5. The Hall–Kier alpha value is -3.58. The van der Waals surface area contributed by atoms with Crippen molar-refractivity contribution in [1.82, 2.24) is 4.90 Å². The predicted molar refractivity (Wildman–Crippen MR) is 114 cm³/mol. The number of carbonyl (C=O) groups is 2. The molecule has 0 saturated carbocycles. The molecule has 2 heterocycles. The first-order valence-electron chi connectivity index (χ1n) is 9.87. The van der Waals surface area contributed by atoms with Crippen molar-refractivity contribution in [1.29, 1.82) is 0 Å². The highest BCUT2D eigenvalue weighted by Crippen LogP contribution is 2.41. The molecular weight excluding hydrogens is 398 g/mol. The number of methoxy groups -OCH3 is 2. The molecule has 1 unspecified atom stereocenters. The Morgan fingerprint density at radius 3 is 2.65 bits per heavy atom. The molecule has 4 rings (SSSR count). The molecule has 7 heteroatoms. The second kappa shape index (κ2) is 8.28. The maximum absolute atomic E-state index is 13.5. The molecule has 0 bridgehead atoms. The van der Waals surface area contributed by atoms with Crippen LogP contribution in [0.1, 0.15) is 27.7 Å². The third-order valence-electron chi connectivity index (χ3n) is 5.52. The summed E-state index contributed by atoms with van der Waals surface area (Å²) < 4.78 is 16.2. The minimum absolute atomic E-state index is 0.00609. The Bertz CT molecular complexity index is 1190. The van der Waals surface area contributed by atoms with Crippen LogP contribution in [0.3, 0.4) is 0 Å². The van der Waals surface area contributed by atoms with Crippen LogP contribution in [-0.4, -0.2) is 49.1 Å². The van der Waals surface area contributed by atoms with Crippen LogP contribution in [0.15, 0.2) is 64.3 Å². The van der Waals surface area contributed by atoms with E-state index in [-0.39, 0.29) is 24.5 Å². The molecular formula is C24H23NO6. The van der Waals surface area contributed by atoms with Crippen LogP contribution in [0.25, 0.3) is 11.0 Å². The molecule has 0 saturated heterocycles. The van der Waals surface area contributed by atoms with Crippen molar-refractivity contribution in [3.05, 3.63) is 76.8 Å². The van der Waals surface area contributed by atoms with Gasteiger partial charge in [0.2, 0.25) is 5.78 Å². The summed E-state index contributed by atoms with van der Waals surface area (Å²) in [7, 11) is 3.05. The first-order valence-corrected chi connectivity index (χ1v) is 9.87. The van der Waals surface area contributed by atoms with E-state index in [1.165, 1.54) is 19.1 Å². The number of rotatable bonds is 7. The average Bonchev–Trinajstić information content (AvgIpc) is 3.32. The van der Waals surface area contributed by atoms with E-state index < -0.39 is 23.5 Å². The molecule has 160 valence electrons. The van der Waals surface area contributed by atoms with Crippen LogP contribution in [0.2, 0.25) is 0 Å². The number of nitrogens with zero attached hydrogens (tertiary/aromatic N) is 1. The van der Waals surface area contributed by atoms with E-state index in [1.54, 1.807) is 24.3 Å². The van der Waals surface area contributed by atoms with Crippen molar-refractivity contribution in [2.24, 2.45) is 0 Å². The Balaban J connectivity index is 1.83. The van der Waals surface area contributed by atoms with Crippen molar-refractivity contribution in [3.8, 4) is 5.75 Å². The van der Waals surface area contributed by atoms with Gasteiger partial charge in [-0.2, -0.15) is 0 Å². The number of aliphatic hydroxyl groups is 1. The fraction of sp³-hybridized carbons (Fsp3) is 0.250. The molecule has 31 heavy (non-hydrogen) atoms. The molecule has 2 aromatic carbocycles. The Morgan fingerprint density at radius 2 is 1.94 bits per heavy atom. The largest absolute Gasteiger partial charge is 0.503 e. The van der Waals surface area contributed by atoms with Crippen LogP contribution < -0.4 is 4.74 Å². The molecule has 1 atom stereocenters. The third-order valence-corrected chi connectivity index (χ3v) is 5.52. The van der Waals surface area contributed by atoms with Gasteiger partial charge in [0, 0.05) is 19.0 Å². The van der Waals surface area contributed by atoms with E-state index in [9.17, 15) is 14.7 Å². The monoisotopic (exact) mass is 421 g/mol. The maximum Gasteiger partial charge on any atom is 0.290 e. The number of para-hydroxylation sites is 1. The van der Waals surface area contributed by atoms with Gasteiger partial charge < -0.3 is 23.9 Å². The first-order chi connectivity index (χ1) is 15.0. The number of ketones is 1. The lowest BCUT2D eigenvalue weighted by Gasteiger charge is -2.27. The van der Waals surface area contributed by atoms with Crippen LogP contribution in [0.4, 0.5) is 0 Å². The highest BCUT2D eigenvalue weighted by Gasteiger charge is 2.44. The molecule has 0 spiro atoms. The molecule has 1 aliphatic heterocycles. The zero-order valence-electron chi connectivity index (χ0n) is 17.5. The van der Waals surface area contributed by atoms with E-state index in [0.717, 1.165) is 11.1 Å². The van der Waals surface area contributed by atoms with E-state index in [2.05, 4.69) is 0 Å². The maximum atomic E-state index is 13.5. The molecule has 0 radical (unpaired) electrons. The van der Waals surface area contributed by atoms with Gasteiger partial charge in [-0.05, 0) is 30.2 Å². The number of amides is 1. The number of hydrogen-bond acceptors (Lipinski definition) is 6. The number of Topliss-reactive ketones (excluding diaryl/α,β-unsaturated/α-hetero) is 1. The zero-order valence-corrected chi connectivity index (χ0v) is 17.5. The second-order valence-corrected chi connectivity index (χ2v) is 7.33. The topological polar surface area (TPSA) is 89.2 Å². The number of furan rings is 1. The fourth-order valence-electron chi connectivity index (χ4n) is 3.96. The average molecular weight is 421 g/mol. The zero-order chi connectivity index (χ0) is 22.1. The van der Waals surface area contributed by atoms with Gasteiger partial charge in [0.15, 0.2) is 22.9 Å². The second-order valence-electron chi connectivity index (χ2n) is 7.33. The molecule has 1 N–H and O–H groups in total. The molecule has 1 aromatic heterocycles. The van der Waals surface area contributed by atoms with Crippen molar-refractivity contribution >= 4 is 22.7 Å². The minimum Gasteiger partial charge on any atom is -0.503 e. The number of benzene rings is 2. The van der Waals surface area contributed by atoms with Gasteiger partial charge in [-0.1, -0.05) is 36.4 Å². The smallest absolute Gasteiger partial charge is 0.290 e. The van der Waals surface area contributed by atoms with Gasteiger partial charge in [-0.25, -0.2) is 0 Å². The molecule has 0 aliphatic carbocycles. The van der Waals surface area contributed by atoms with E-state index in [1.807, 2.05) is 31.2 Å². The van der Waals surface area contributed by atoms with Gasteiger partial charge in [0.25, 0.3) is 5.91 Å². The van der Waals surface area contributed by atoms with Gasteiger partial charge in [0.05, 0.1) is 25.3 Å². The Kier molecular flexibility index (Phi) is 5.52. The number of ether oxygens (including phenoxy) is 2. The summed E-state index contributed by atoms with van der Waals surface area (Å²) in [5.41, 5.74) is 2.08. The number of aliphatic hydroxyl groups excluding tert-OH is 1. The molecule has 1 aliphatic rings. The SMILES string of the molecule is COCCN1C(=O)C(O)=C(C(=O)c2cc3cccc(OC)c3o2)C1c1ccccc1C. The number of hydrogen-bond donors (Lipinski definition) is 1. The van der Waals surface area contributed by atoms with Crippen molar-refractivity contribution < 1.29 is 28.6 Å². The number of aryl methyl sites for hydroxylation is 1. The fourth-order valence-corrected chi connectivity index (χ4v) is 3.96. The normalized spacial score (nSPS) is 16.4. The molecule has 3 aromatic rings. The lowest BCUT2D eigenvalue weighted by atomic mass is 9.92. The van der Waals surface area contributed by atoms with Crippen LogP contribution >= 0.6 is 0 Å². The summed E-state index contributed by atoms with van der Waals surface area (Å²) in [4.78, 5) is 27.9. The number of fused-ring (bicyclic) bond motifs is 1. The third kappa shape index (κ3) is 3.47. The van der Waals surface area contributed by atoms with E-state index in [0.29, 0.717) is 16.7 Å². The first kappa shape index (κ1) is 20.7. The minimum atomic E-state index is -0.744. The van der Waals surface area contributed by atoms with Crippen molar-refractivity contribution in [2.45, 2.75) is 13.0 Å². The van der Waals surface area contributed by atoms with Crippen LogP contribution in [0, 0.1) is 6.92 Å². The van der Waals surface area contributed by atoms with Gasteiger partial charge in [0.1, 0.15) is 0 Å². The predicted octanol–water partition coefficient (Wildman–Crippen LogP) is 3.97. The summed E-state index contributed by atoms with van der Waals surface area (Å²) >= 11 is 0. The van der Waals surface area contributed by atoms with Crippen molar-refractivity contribution in [2.75, 3.05) is 27.4 Å². The quantitative estimate of drug-likeness (QED) is 0.581. The van der Waals surface area contributed by atoms with Gasteiger partial charge >= 0.3 is 0 Å². The standard InChI is InChI=1S/C24H23NO6/c1-14-7-4-5-9-16(14)20-19(22(27)24(28)25(20)11-12-29-2)21(26)18-13-15-8-6-10-17(30-3)23(15)31-18/h4-10,13,20,27H,11-12H2,1-3H3. The molecule has 0 fully saturated rings.